The summed E-state index contributed by atoms with van der Waals surface area (Å²) in [6.45, 7) is 9.60. The lowest BCUT2D eigenvalue weighted by Crippen LogP contribution is -2.14. The molecule has 0 aliphatic heterocycles. The Kier molecular flexibility index (Phi) is 25.5. The van der Waals surface area contributed by atoms with E-state index < -0.39 is 0 Å². The van der Waals surface area contributed by atoms with Gasteiger partial charge in [-0.1, -0.05) is 6.42 Å². The molecule has 9 heteroatoms. The third kappa shape index (κ3) is 25.2. The van der Waals surface area contributed by atoms with Crippen LogP contribution in [-0.2, 0) is 42.7 Å². The molecular formula is C21H42O9. The van der Waals surface area contributed by atoms with Crippen molar-refractivity contribution in [3.05, 3.63) is 0 Å². The minimum atomic E-state index is -0.120. The van der Waals surface area contributed by atoms with Gasteiger partial charge in [-0.25, -0.2) is 0 Å². The van der Waals surface area contributed by atoms with Crippen molar-refractivity contribution in [3.8, 4) is 0 Å². The van der Waals surface area contributed by atoms with Crippen LogP contribution in [0.4, 0.5) is 0 Å². The fourth-order valence-electron chi connectivity index (χ4n) is 2.23. The number of esters is 1. The molecule has 0 aromatic heterocycles. The van der Waals surface area contributed by atoms with Crippen molar-refractivity contribution in [2.24, 2.45) is 0 Å². The molecule has 9 nitrogen and oxygen atoms in total. The molecule has 0 N–H and O–H groups in total. The first kappa shape index (κ1) is 29.2. The zero-order chi connectivity index (χ0) is 22.0. The molecular weight excluding hydrogens is 396 g/mol. The highest BCUT2D eigenvalue weighted by atomic mass is 16.6. The van der Waals surface area contributed by atoms with Crippen LogP contribution in [0.25, 0.3) is 0 Å². The minimum Gasteiger partial charge on any atom is -0.466 e. The Morgan fingerprint density at radius 1 is 0.533 bits per heavy atom. The predicted molar refractivity (Wildman–Crippen MR) is 112 cm³/mol. The second kappa shape index (κ2) is 26.2. The fourth-order valence-corrected chi connectivity index (χ4v) is 2.23. The zero-order valence-corrected chi connectivity index (χ0v) is 18.9. The van der Waals surface area contributed by atoms with Crippen LogP contribution >= 0.6 is 0 Å². The number of carbonyl (C=O) groups is 1. The van der Waals surface area contributed by atoms with Gasteiger partial charge >= 0.3 is 5.97 Å². The molecule has 0 spiro atoms. The van der Waals surface area contributed by atoms with Crippen molar-refractivity contribution in [1.29, 1.82) is 0 Å². The standard InChI is InChI=1S/C21H42O9/c1-3-30-21(22)7-5-4-6-8-24-11-12-26-15-16-28-19-20-29-18-17-27-14-13-25-10-9-23-2/h3-20H2,1-2H3. The van der Waals surface area contributed by atoms with E-state index in [1.165, 1.54) is 0 Å². The van der Waals surface area contributed by atoms with Gasteiger partial charge in [0.05, 0.1) is 85.9 Å². The van der Waals surface area contributed by atoms with Crippen LogP contribution in [0.2, 0.25) is 0 Å². The first-order valence-electron chi connectivity index (χ1n) is 10.9. The Bertz CT molecular complexity index is 342. The van der Waals surface area contributed by atoms with Gasteiger partial charge in [-0.05, 0) is 19.8 Å². The molecule has 0 fully saturated rings. The SMILES string of the molecule is CCOC(=O)CCCCCOCCOCCOCCOCCOCCOCCOC. The van der Waals surface area contributed by atoms with Gasteiger partial charge in [0.1, 0.15) is 0 Å². The van der Waals surface area contributed by atoms with Crippen molar-refractivity contribution in [1.82, 2.24) is 0 Å². The van der Waals surface area contributed by atoms with Crippen LogP contribution in [0, 0.1) is 0 Å². The number of rotatable bonds is 25. The van der Waals surface area contributed by atoms with Crippen LogP contribution in [0.5, 0.6) is 0 Å². The summed E-state index contributed by atoms with van der Waals surface area (Å²) >= 11 is 0. The minimum absolute atomic E-state index is 0.120. The number of methoxy groups -OCH3 is 1. The zero-order valence-electron chi connectivity index (χ0n) is 18.9. The highest BCUT2D eigenvalue weighted by Crippen LogP contribution is 2.01. The lowest BCUT2D eigenvalue weighted by atomic mass is 10.2. The van der Waals surface area contributed by atoms with Gasteiger partial charge in [-0.15, -0.1) is 0 Å². The summed E-state index contributed by atoms with van der Waals surface area (Å²) < 4.78 is 42.1. The normalized spacial score (nSPS) is 11.1. The van der Waals surface area contributed by atoms with Crippen molar-refractivity contribution in [2.45, 2.75) is 32.6 Å². The molecule has 0 radical (unpaired) electrons. The predicted octanol–water partition coefficient (Wildman–Crippen LogP) is 1.86. The van der Waals surface area contributed by atoms with Gasteiger partial charge in [0.15, 0.2) is 0 Å². The first-order valence-corrected chi connectivity index (χ1v) is 10.9. The molecule has 0 aromatic carbocycles. The van der Waals surface area contributed by atoms with E-state index in [-0.39, 0.29) is 5.97 Å². The van der Waals surface area contributed by atoms with Gasteiger partial charge in [0.25, 0.3) is 0 Å². The Hall–Kier alpha value is -0.810. The van der Waals surface area contributed by atoms with Gasteiger partial charge in [-0.2, -0.15) is 0 Å². The van der Waals surface area contributed by atoms with E-state index in [9.17, 15) is 4.79 Å². The Labute approximate surface area is 181 Å². The molecule has 0 rings (SSSR count). The van der Waals surface area contributed by atoms with Gasteiger partial charge in [0, 0.05) is 20.1 Å². The van der Waals surface area contributed by atoms with E-state index in [0.717, 1.165) is 19.3 Å². The number of hydrogen-bond acceptors (Lipinski definition) is 9. The van der Waals surface area contributed by atoms with E-state index in [1.807, 2.05) is 6.92 Å². The Morgan fingerprint density at radius 3 is 1.33 bits per heavy atom. The number of ether oxygens (including phenoxy) is 8. The fraction of sp³-hybridized carbons (Fsp3) is 0.952. The topological polar surface area (TPSA) is 90.9 Å². The van der Waals surface area contributed by atoms with E-state index in [1.54, 1.807) is 7.11 Å². The second-order valence-electron chi connectivity index (χ2n) is 6.28. The third-order valence-electron chi connectivity index (χ3n) is 3.77. The molecule has 0 aliphatic carbocycles. The van der Waals surface area contributed by atoms with Crippen LogP contribution in [0.15, 0.2) is 0 Å². The summed E-state index contributed by atoms with van der Waals surface area (Å²) in [5, 5.41) is 0. The lowest BCUT2D eigenvalue weighted by Gasteiger charge is -2.08. The molecule has 0 unspecified atom stereocenters. The van der Waals surface area contributed by atoms with E-state index in [2.05, 4.69) is 0 Å². The molecule has 0 saturated carbocycles. The van der Waals surface area contributed by atoms with E-state index >= 15 is 0 Å². The average molecular weight is 439 g/mol. The maximum atomic E-state index is 11.2. The highest BCUT2D eigenvalue weighted by Gasteiger charge is 2.00. The van der Waals surface area contributed by atoms with Crippen LogP contribution in [-0.4, -0.2) is 106 Å². The maximum Gasteiger partial charge on any atom is 0.305 e. The molecule has 180 valence electrons. The number of hydrogen-bond donors (Lipinski definition) is 0. The average Bonchev–Trinajstić information content (AvgIpc) is 2.74. The first-order chi connectivity index (χ1) is 14.8. The summed E-state index contributed by atoms with van der Waals surface area (Å²) in [5.41, 5.74) is 0. The van der Waals surface area contributed by atoms with Crippen molar-refractivity contribution < 1.29 is 42.7 Å². The molecule has 0 atom stereocenters. The van der Waals surface area contributed by atoms with Crippen LogP contribution in [0.1, 0.15) is 32.6 Å². The quantitative estimate of drug-likeness (QED) is 0.156. The molecule has 0 saturated heterocycles. The highest BCUT2D eigenvalue weighted by molar-refractivity contribution is 5.69. The van der Waals surface area contributed by atoms with Crippen molar-refractivity contribution in [2.75, 3.05) is 99.6 Å². The van der Waals surface area contributed by atoms with E-state index in [0.29, 0.717) is 98.9 Å². The monoisotopic (exact) mass is 438 g/mol. The van der Waals surface area contributed by atoms with Gasteiger partial charge in [0.2, 0.25) is 0 Å². The van der Waals surface area contributed by atoms with Crippen LogP contribution in [0.3, 0.4) is 0 Å². The maximum absolute atomic E-state index is 11.2. The molecule has 0 aromatic rings. The summed E-state index contributed by atoms with van der Waals surface area (Å²) in [5.74, 6) is -0.120. The Morgan fingerprint density at radius 2 is 0.933 bits per heavy atom. The van der Waals surface area contributed by atoms with Crippen molar-refractivity contribution >= 4 is 5.97 Å². The second-order valence-corrected chi connectivity index (χ2v) is 6.28. The smallest absolute Gasteiger partial charge is 0.305 e. The molecule has 30 heavy (non-hydrogen) atoms. The van der Waals surface area contributed by atoms with Gasteiger partial charge in [-0.3, -0.25) is 4.79 Å². The summed E-state index contributed by atoms with van der Waals surface area (Å²) in [6.07, 6.45) is 3.23. The molecule has 0 amide bonds. The number of unbranched alkanes of at least 4 members (excludes halogenated alkanes) is 2. The molecule has 0 heterocycles. The van der Waals surface area contributed by atoms with Crippen molar-refractivity contribution in [3.63, 3.8) is 0 Å². The Balaban J connectivity index is 3.03. The van der Waals surface area contributed by atoms with Gasteiger partial charge < -0.3 is 37.9 Å². The largest absolute Gasteiger partial charge is 0.466 e. The summed E-state index contributed by atoms with van der Waals surface area (Å²) in [7, 11) is 1.65. The van der Waals surface area contributed by atoms with E-state index in [4.69, 9.17) is 37.9 Å². The van der Waals surface area contributed by atoms with Crippen LogP contribution < -0.4 is 0 Å². The number of carbonyl (C=O) groups excluding carboxylic acids is 1. The summed E-state index contributed by atoms with van der Waals surface area (Å²) in [4.78, 5) is 11.2. The lowest BCUT2D eigenvalue weighted by molar-refractivity contribution is -0.143. The third-order valence-corrected chi connectivity index (χ3v) is 3.77. The summed E-state index contributed by atoms with van der Waals surface area (Å²) in [6, 6.07) is 0. The molecule has 0 bridgehead atoms. The molecule has 0 aliphatic rings.